The van der Waals surface area contributed by atoms with E-state index in [0.29, 0.717) is 11.7 Å². The molecule has 0 saturated carbocycles. The molecule has 0 aromatic carbocycles. The lowest BCUT2D eigenvalue weighted by atomic mass is 9.82. The van der Waals surface area contributed by atoms with Gasteiger partial charge >= 0.3 is 0 Å². The summed E-state index contributed by atoms with van der Waals surface area (Å²) in [6.45, 7) is 10.0. The number of aromatic nitrogens is 2. The molecule has 1 N–H and O–H groups in total. The third-order valence-electron chi connectivity index (χ3n) is 2.50. The van der Waals surface area contributed by atoms with E-state index in [1.807, 2.05) is 6.92 Å². The van der Waals surface area contributed by atoms with Gasteiger partial charge in [-0.2, -0.15) is 4.98 Å². The summed E-state index contributed by atoms with van der Waals surface area (Å²) in [5.74, 6) is 1.13. The average Bonchev–Trinajstić information content (AvgIpc) is 2.48. The highest BCUT2D eigenvalue weighted by molar-refractivity contribution is 4.98. The Morgan fingerprint density at radius 1 is 1.29 bits per heavy atom. The fourth-order valence-corrected chi connectivity index (χ4v) is 0.963. The van der Waals surface area contributed by atoms with Crippen LogP contribution < -0.4 is 0 Å². The van der Waals surface area contributed by atoms with E-state index in [1.54, 1.807) is 6.92 Å². The minimum absolute atomic E-state index is 0.0858. The van der Waals surface area contributed by atoms with Crippen molar-refractivity contribution in [3.8, 4) is 0 Å². The van der Waals surface area contributed by atoms with E-state index in [4.69, 9.17) is 4.52 Å². The van der Waals surface area contributed by atoms with Gasteiger partial charge in [-0.1, -0.05) is 32.9 Å². The molecule has 0 saturated heterocycles. The Labute approximate surface area is 84.3 Å². The number of aliphatic hydroxyl groups excluding tert-OH is 1. The standard InChI is InChI=1S/C10H18N2O2/c1-6(10(3,4)5)9-11-8(7(2)13)12-14-9/h6-7,13H,1-5H3. The first-order chi connectivity index (χ1) is 6.32. The van der Waals surface area contributed by atoms with Crippen molar-refractivity contribution in [1.29, 1.82) is 0 Å². The van der Waals surface area contributed by atoms with Gasteiger partial charge in [0.15, 0.2) is 5.82 Å². The summed E-state index contributed by atoms with van der Waals surface area (Å²) in [6.07, 6.45) is -0.667. The predicted octanol–water partition coefficient (Wildman–Crippen LogP) is 2.27. The molecule has 2 atom stereocenters. The van der Waals surface area contributed by atoms with E-state index in [2.05, 4.69) is 30.9 Å². The highest BCUT2D eigenvalue weighted by Gasteiger charge is 2.27. The first-order valence-corrected chi connectivity index (χ1v) is 4.84. The van der Waals surface area contributed by atoms with Crippen molar-refractivity contribution in [2.45, 2.75) is 46.6 Å². The molecule has 80 valence electrons. The monoisotopic (exact) mass is 198 g/mol. The lowest BCUT2D eigenvalue weighted by molar-refractivity contribution is 0.183. The lowest BCUT2D eigenvalue weighted by Crippen LogP contribution is -2.15. The van der Waals surface area contributed by atoms with E-state index in [0.717, 1.165) is 0 Å². The lowest BCUT2D eigenvalue weighted by Gasteiger charge is -2.23. The molecule has 0 bridgehead atoms. The minimum Gasteiger partial charge on any atom is -0.385 e. The highest BCUT2D eigenvalue weighted by Crippen LogP contribution is 2.33. The van der Waals surface area contributed by atoms with Gasteiger partial charge in [0.25, 0.3) is 0 Å². The smallest absolute Gasteiger partial charge is 0.230 e. The molecule has 4 heteroatoms. The van der Waals surface area contributed by atoms with Crippen molar-refractivity contribution in [1.82, 2.24) is 10.1 Å². The van der Waals surface area contributed by atoms with Crippen LogP contribution in [0.2, 0.25) is 0 Å². The van der Waals surface area contributed by atoms with Crippen molar-refractivity contribution >= 4 is 0 Å². The zero-order valence-corrected chi connectivity index (χ0v) is 9.40. The molecule has 0 aliphatic heterocycles. The molecule has 1 heterocycles. The normalized spacial score (nSPS) is 16.7. The van der Waals surface area contributed by atoms with Crippen LogP contribution in [0.15, 0.2) is 4.52 Å². The van der Waals surface area contributed by atoms with E-state index in [9.17, 15) is 5.11 Å². The number of hydrogen-bond acceptors (Lipinski definition) is 4. The Bertz CT molecular complexity index is 299. The van der Waals surface area contributed by atoms with Crippen LogP contribution in [-0.4, -0.2) is 15.2 Å². The molecular weight excluding hydrogens is 180 g/mol. The molecule has 14 heavy (non-hydrogen) atoms. The predicted molar refractivity (Wildman–Crippen MR) is 52.8 cm³/mol. The van der Waals surface area contributed by atoms with Gasteiger partial charge in [-0.05, 0) is 12.3 Å². The van der Waals surface area contributed by atoms with Gasteiger partial charge in [0, 0.05) is 5.92 Å². The zero-order valence-electron chi connectivity index (χ0n) is 9.40. The van der Waals surface area contributed by atoms with Crippen molar-refractivity contribution in [3.63, 3.8) is 0 Å². The number of aliphatic hydroxyl groups is 1. The van der Waals surface area contributed by atoms with Crippen LogP contribution in [0.25, 0.3) is 0 Å². The van der Waals surface area contributed by atoms with Crippen LogP contribution in [0.1, 0.15) is 58.4 Å². The largest absolute Gasteiger partial charge is 0.385 e. The average molecular weight is 198 g/mol. The van der Waals surface area contributed by atoms with Crippen molar-refractivity contribution in [2.24, 2.45) is 5.41 Å². The fourth-order valence-electron chi connectivity index (χ4n) is 0.963. The second-order valence-electron chi connectivity index (χ2n) is 4.75. The van der Waals surface area contributed by atoms with Gasteiger partial charge < -0.3 is 9.63 Å². The summed E-state index contributed by atoms with van der Waals surface area (Å²) in [4.78, 5) is 4.15. The van der Waals surface area contributed by atoms with Crippen molar-refractivity contribution < 1.29 is 9.63 Å². The van der Waals surface area contributed by atoms with Gasteiger partial charge in [-0.15, -0.1) is 0 Å². The van der Waals surface area contributed by atoms with Crippen LogP contribution in [0.5, 0.6) is 0 Å². The SMILES string of the molecule is CC(O)c1noc(C(C)C(C)(C)C)n1. The van der Waals surface area contributed by atoms with Crippen molar-refractivity contribution in [3.05, 3.63) is 11.7 Å². The van der Waals surface area contributed by atoms with Crippen LogP contribution >= 0.6 is 0 Å². The minimum atomic E-state index is -0.667. The zero-order chi connectivity index (χ0) is 10.9. The third-order valence-corrected chi connectivity index (χ3v) is 2.50. The Kier molecular flexibility index (Phi) is 2.95. The summed E-state index contributed by atoms with van der Waals surface area (Å²) in [5, 5.41) is 13.0. The Hall–Kier alpha value is -0.900. The second kappa shape index (κ2) is 3.69. The summed E-state index contributed by atoms with van der Waals surface area (Å²) in [7, 11) is 0. The van der Waals surface area contributed by atoms with E-state index in [-0.39, 0.29) is 11.3 Å². The van der Waals surface area contributed by atoms with Crippen molar-refractivity contribution in [2.75, 3.05) is 0 Å². The topological polar surface area (TPSA) is 59.2 Å². The maximum Gasteiger partial charge on any atom is 0.230 e. The Morgan fingerprint density at radius 2 is 1.86 bits per heavy atom. The maximum absolute atomic E-state index is 9.24. The molecule has 4 nitrogen and oxygen atoms in total. The Morgan fingerprint density at radius 3 is 2.21 bits per heavy atom. The quantitative estimate of drug-likeness (QED) is 0.792. The molecule has 0 aliphatic rings. The van der Waals surface area contributed by atoms with E-state index < -0.39 is 6.10 Å². The summed E-state index contributed by atoms with van der Waals surface area (Å²) in [5.41, 5.74) is 0.0858. The Balaban J connectivity index is 2.87. The van der Waals surface area contributed by atoms with E-state index in [1.165, 1.54) is 0 Å². The van der Waals surface area contributed by atoms with Gasteiger partial charge in [-0.25, -0.2) is 0 Å². The highest BCUT2D eigenvalue weighted by atomic mass is 16.5. The summed E-state index contributed by atoms with van der Waals surface area (Å²) in [6, 6.07) is 0. The molecule has 1 rings (SSSR count). The molecule has 0 amide bonds. The summed E-state index contributed by atoms with van der Waals surface area (Å²) >= 11 is 0. The van der Waals surface area contributed by atoms with Gasteiger partial charge in [-0.3, -0.25) is 0 Å². The van der Waals surface area contributed by atoms with E-state index >= 15 is 0 Å². The first kappa shape index (κ1) is 11.2. The third kappa shape index (κ3) is 2.32. The fraction of sp³-hybridized carbons (Fsp3) is 0.800. The summed E-state index contributed by atoms with van der Waals surface area (Å²) < 4.78 is 5.09. The van der Waals surface area contributed by atoms with Crippen LogP contribution in [0.4, 0.5) is 0 Å². The van der Waals surface area contributed by atoms with Crippen LogP contribution in [0.3, 0.4) is 0 Å². The maximum atomic E-state index is 9.24. The number of nitrogens with zero attached hydrogens (tertiary/aromatic N) is 2. The molecule has 1 aromatic heterocycles. The van der Waals surface area contributed by atoms with Crippen LogP contribution in [-0.2, 0) is 0 Å². The van der Waals surface area contributed by atoms with Gasteiger partial charge in [0.05, 0.1) is 0 Å². The molecule has 0 radical (unpaired) electrons. The molecule has 2 unspecified atom stereocenters. The van der Waals surface area contributed by atoms with Gasteiger partial charge in [0.2, 0.25) is 5.89 Å². The number of rotatable bonds is 2. The number of hydrogen-bond donors (Lipinski definition) is 1. The molecule has 0 fully saturated rings. The second-order valence-corrected chi connectivity index (χ2v) is 4.75. The van der Waals surface area contributed by atoms with Crippen LogP contribution in [0, 0.1) is 5.41 Å². The molecule has 0 aliphatic carbocycles. The van der Waals surface area contributed by atoms with Gasteiger partial charge in [0.1, 0.15) is 6.10 Å². The first-order valence-electron chi connectivity index (χ1n) is 4.84. The molecular formula is C10H18N2O2. The molecule has 0 spiro atoms. The molecule has 1 aromatic rings.